The molecule has 11 heavy (non-hydrogen) atoms. The Labute approximate surface area is 67.1 Å². The third kappa shape index (κ3) is 1.90. The first-order valence-corrected chi connectivity index (χ1v) is 3.95. The number of pyridine rings is 1. The van der Waals surface area contributed by atoms with Crippen LogP contribution in [0.1, 0.15) is 20.3 Å². The summed E-state index contributed by atoms with van der Waals surface area (Å²) in [6, 6.07) is 2.03. The van der Waals surface area contributed by atoms with E-state index in [1.54, 1.807) is 0 Å². The van der Waals surface area contributed by atoms with E-state index in [0.717, 1.165) is 6.42 Å². The summed E-state index contributed by atoms with van der Waals surface area (Å²) in [6.07, 6.45) is 9.07. The largest absolute Gasteiger partial charge is 0.264 e. The molecule has 0 aliphatic carbocycles. The fourth-order valence-electron chi connectivity index (χ4n) is 1.07. The van der Waals surface area contributed by atoms with Crippen LogP contribution in [0.5, 0.6) is 0 Å². The smallest absolute Gasteiger partial charge is 0.0343 e. The molecule has 1 aromatic heterocycles. The van der Waals surface area contributed by atoms with Crippen LogP contribution in [-0.2, 0) is 0 Å². The lowest BCUT2D eigenvalue weighted by Gasteiger charge is -1.86. The number of rotatable bonds is 1. The van der Waals surface area contributed by atoms with Gasteiger partial charge in [-0.15, -0.1) is 0 Å². The summed E-state index contributed by atoms with van der Waals surface area (Å²) in [5.74, 6) is 0. The van der Waals surface area contributed by atoms with Crippen LogP contribution in [0.4, 0.5) is 0 Å². The van der Waals surface area contributed by atoms with Crippen molar-refractivity contribution < 1.29 is 0 Å². The van der Waals surface area contributed by atoms with Gasteiger partial charge in [0.05, 0.1) is 0 Å². The molecule has 0 aliphatic heterocycles. The molecule has 0 aliphatic rings. The Balaban J connectivity index is 3.37. The SMILES string of the molecule is C/C=c1/ccnc/c1=C/CC. The summed E-state index contributed by atoms with van der Waals surface area (Å²) < 4.78 is 0. The van der Waals surface area contributed by atoms with Crippen molar-refractivity contribution in [3.63, 3.8) is 0 Å². The Morgan fingerprint density at radius 2 is 2.27 bits per heavy atom. The zero-order valence-electron chi connectivity index (χ0n) is 7.04. The van der Waals surface area contributed by atoms with Crippen LogP contribution < -0.4 is 10.4 Å². The first kappa shape index (κ1) is 7.99. The van der Waals surface area contributed by atoms with Crippen LogP contribution in [0, 0.1) is 0 Å². The van der Waals surface area contributed by atoms with E-state index in [4.69, 9.17) is 0 Å². The van der Waals surface area contributed by atoms with Crippen LogP contribution in [-0.4, -0.2) is 4.98 Å². The third-order valence-corrected chi connectivity index (χ3v) is 1.62. The van der Waals surface area contributed by atoms with Crippen LogP contribution in [0.2, 0.25) is 0 Å². The fourth-order valence-corrected chi connectivity index (χ4v) is 1.07. The maximum Gasteiger partial charge on any atom is 0.0343 e. The van der Waals surface area contributed by atoms with Crippen LogP contribution in [0.3, 0.4) is 0 Å². The molecule has 0 bridgehead atoms. The highest BCUT2D eigenvalue weighted by atomic mass is 14.6. The van der Waals surface area contributed by atoms with Gasteiger partial charge in [0.1, 0.15) is 0 Å². The van der Waals surface area contributed by atoms with Gasteiger partial charge in [0.2, 0.25) is 0 Å². The molecule has 0 saturated carbocycles. The van der Waals surface area contributed by atoms with Crippen molar-refractivity contribution in [3.05, 3.63) is 28.9 Å². The number of hydrogen-bond acceptors (Lipinski definition) is 1. The molecule has 0 N–H and O–H groups in total. The second-order valence-electron chi connectivity index (χ2n) is 2.41. The number of aromatic nitrogens is 1. The van der Waals surface area contributed by atoms with E-state index in [-0.39, 0.29) is 0 Å². The predicted octanol–water partition coefficient (Wildman–Crippen LogP) is 1.07. The summed E-state index contributed by atoms with van der Waals surface area (Å²) in [7, 11) is 0. The lowest BCUT2D eigenvalue weighted by molar-refractivity contribution is 1.23. The third-order valence-electron chi connectivity index (χ3n) is 1.62. The summed E-state index contributed by atoms with van der Waals surface area (Å²) in [5.41, 5.74) is 0. The first-order valence-electron chi connectivity index (χ1n) is 3.95. The molecule has 1 rings (SSSR count). The van der Waals surface area contributed by atoms with E-state index >= 15 is 0 Å². The first-order chi connectivity index (χ1) is 5.38. The van der Waals surface area contributed by atoms with E-state index in [1.165, 1.54) is 10.4 Å². The lowest BCUT2D eigenvalue weighted by atomic mass is 10.2. The molecule has 1 heterocycles. The van der Waals surface area contributed by atoms with Gasteiger partial charge < -0.3 is 0 Å². The Morgan fingerprint density at radius 3 is 2.91 bits per heavy atom. The summed E-state index contributed by atoms with van der Waals surface area (Å²) >= 11 is 0. The van der Waals surface area contributed by atoms with Crippen molar-refractivity contribution in [2.24, 2.45) is 0 Å². The van der Waals surface area contributed by atoms with Crippen molar-refractivity contribution >= 4 is 12.2 Å². The minimum absolute atomic E-state index is 1.06. The maximum absolute atomic E-state index is 4.06. The van der Waals surface area contributed by atoms with Gasteiger partial charge in [0.15, 0.2) is 0 Å². The van der Waals surface area contributed by atoms with E-state index in [1.807, 2.05) is 25.4 Å². The summed E-state index contributed by atoms with van der Waals surface area (Å²) in [6.45, 7) is 4.18. The molecule has 0 spiro atoms. The van der Waals surface area contributed by atoms with Gasteiger partial charge >= 0.3 is 0 Å². The van der Waals surface area contributed by atoms with E-state index in [2.05, 4.69) is 24.1 Å². The van der Waals surface area contributed by atoms with Gasteiger partial charge in [-0.2, -0.15) is 0 Å². The standard InChI is InChI=1S/C10H13N/c1-3-5-10-8-11-7-6-9(10)4-2/h4-8H,3H2,1-2H3/b9-4-,10-5-. The average molecular weight is 147 g/mol. The molecule has 1 heteroatoms. The van der Waals surface area contributed by atoms with Crippen LogP contribution >= 0.6 is 0 Å². The second kappa shape index (κ2) is 3.91. The highest BCUT2D eigenvalue weighted by Gasteiger charge is 1.80. The highest BCUT2D eigenvalue weighted by Crippen LogP contribution is 1.73. The lowest BCUT2D eigenvalue weighted by Crippen LogP contribution is -2.23. The van der Waals surface area contributed by atoms with Gasteiger partial charge in [0.25, 0.3) is 0 Å². The molecule has 0 atom stereocenters. The van der Waals surface area contributed by atoms with Crippen molar-refractivity contribution in [3.8, 4) is 0 Å². The van der Waals surface area contributed by atoms with Crippen molar-refractivity contribution in [2.45, 2.75) is 20.3 Å². The van der Waals surface area contributed by atoms with Gasteiger partial charge in [-0.25, -0.2) is 0 Å². The zero-order valence-corrected chi connectivity index (χ0v) is 7.04. The van der Waals surface area contributed by atoms with Gasteiger partial charge in [-0.05, 0) is 29.8 Å². The van der Waals surface area contributed by atoms with Crippen LogP contribution in [0.15, 0.2) is 18.5 Å². The molecule has 0 aromatic carbocycles. The Morgan fingerprint density at radius 1 is 1.45 bits per heavy atom. The van der Waals surface area contributed by atoms with Crippen LogP contribution in [0.25, 0.3) is 12.2 Å². The van der Waals surface area contributed by atoms with Gasteiger partial charge in [-0.1, -0.05) is 19.1 Å². The zero-order chi connectivity index (χ0) is 8.10. The molecule has 0 saturated heterocycles. The maximum atomic E-state index is 4.06. The second-order valence-corrected chi connectivity index (χ2v) is 2.41. The number of nitrogens with zero attached hydrogens (tertiary/aromatic N) is 1. The summed E-state index contributed by atoms with van der Waals surface area (Å²) in [5, 5.41) is 2.50. The van der Waals surface area contributed by atoms with Crippen molar-refractivity contribution in [1.82, 2.24) is 4.98 Å². The monoisotopic (exact) mass is 147 g/mol. The minimum atomic E-state index is 1.06. The molecule has 0 unspecified atom stereocenters. The Hall–Kier alpha value is -1.11. The van der Waals surface area contributed by atoms with E-state index < -0.39 is 0 Å². The fraction of sp³-hybridized carbons (Fsp3) is 0.300. The molecule has 1 nitrogen and oxygen atoms in total. The molecular weight excluding hydrogens is 134 g/mol. The summed E-state index contributed by atoms with van der Waals surface area (Å²) in [4.78, 5) is 4.06. The molecule has 58 valence electrons. The average Bonchev–Trinajstić information content (AvgIpc) is 2.06. The van der Waals surface area contributed by atoms with Gasteiger partial charge in [-0.3, -0.25) is 4.98 Å². The molecule has 0 radical (unpaired) electrons. The van der Waals surface area contributed by atoms with Crippen molar-refractivity contribution in [2.75, 3.05) is 0 Å². The Kier molecular flexibility index (Phi) is 2.84. The van der Waals surface area contributed by atoms with Crippen molar-refractivity contribution in [1.29, 1.82) is 0 Å². The number of hydrogen-bond donors (Lipinski definition) is 0. The quantitative estimate of drug-likeness (QED) is 0.579. The van der Waals surface area contributed by atoms with E-state index in [0.29, 0.717) is 0 Å². The molecule has 0 amide bonds. The topological polar surface area (TPSA) is 12.9 Å². The Bertz CT molecular complexity index is 325. The normalized spacial score (nSPS) is 14.0. The van der Waals surface area contributed by atoms with Gasteiger partial charge in [0, 0.05) is 12.4 Å². The molecular formula is C10H13N. The van der Waals surface area contributed by atoms with E-state index in [9.17, 15) is 0 Å². The minimum Gasteiger partial charge on any atom is -0.264 e. The molecule has 0 fully saturated rings. The highest BCUT2D eigenvalue weighted by molar-refractivity contribution is 5.27. The molecule has 1 aromatic rings. The predicted molar refractivity (Wildman–Crippen MR) is 48.4 cm³/mol.